The molecule has 0 saturated carbocycles. The van der Waals surface area contributed by atoms with E-state index < -0.39 is 12.0 Å². The molecule has 1 aromatic carbocycles. The van der Waals surface area contributed by atoms with Crippen molar-refractivity contribution < 1.29 is 13.9 Å². The molecule has 0 bridgehead atoms. The minimum atomic E-state index is -0.618. The van der Waals surface area contributed by atoms with Crippen LogP contribution in [0.25, 0.3) is 6.08 Å². The van der Waals surface area contributed by atoms with Crippen molar-refractivity contribution in [3.05, 3.63) is 86.4 Å². The first-order valence-corrected chi connectivity index (χ1v) is 13.1. The zero-order valence-electron chi connectivity index (χ0n) is 18.5. The Hall–Kier alpha value is -1.98. The highest BCUT2D eigenvalue weighted by Gasteiger charge is 2.33. The van der Waals surface area contributed by atoms with Gasteiger partial charge in [-0.3, -0.25) is 9.36 Å². The summed E-state index contributed by atoms with van der Waals surface area (Å²) in [5.74, 6) is 0.476. The standard InChI is InChI=1S/C24H22BrIN2O4S/c1-5-31-23(30)19-13(4)27-24-28(20(19)15-8-6-14(7-9-15)12(2)3)22(29)18(33-24)11-16-10-17(25)21(26)32-16/h6-12,20H,5H2,1-4H3/b18-11+/t20-/m0/s1. The third kappa shape index (κ3) is 4.67. The Morgan fingerprint density at radius 1 is 1.36 bits per heavy atom. The number of allylic oxidation sites excluding steroid dienone is 1. The number of fused-ring (bicyclic) bond motifs is 1. The van der Waals surface area contributed by atoms with Gasteiger partial charge in [0, 0.05) is 28.7 Å². The second-order valence-corrected chi connectivity index (χ2v) is 10.7. The molecule has 0 amide bonds. The third-order valence-corrected chi connectivity index (χ3v) is 8.49. The topological polar surface area (TPSA) is 73.8 Å². The monoisotopic (exact) mass is 640 g/mol. The smallest absolute Gasteiger partial charge is 0.338 e. The van der Waals surface area contributed by atoms with Gasteiger partial charge in [0.1, 0.15) is 5.76 Å². The zero-order valence-corrected chi connectivity index (χ0v) is 23.1. The highest BCUT2D eigenvalue weighted by atomic mass is 127. The molecule has 3 heterocycles. The van der Waals surface area contributed by atoms with Crippen molar-refractivity contribution in [3.8, 4) is 0 Å². The van der Waals surface area contributed by atoms with Crippen molar-refractivity contribution in [3.63, 3.8) is 0 Å². The molecule has 9 heteroatoms. The first-order chi connectivity index (χ1) is 15.7. The minimum Gasteiger partial charge on any atom is -0.463 e. The molecule has 0 aliphatic carbocycles. The first-order valence-electron chi connectivity index (χ1n) is 10.5. The summed E-state index contributed by atoms with van der Waals surface area (Å²) in [5, 5.41) is 0. The van der Waals surface area contributed by atoms with Crippen molar-refractivity contribution in [2.75, 3.05) is 6.61 Å². The van der Waals surface area contributed by atoms with Gasteiger partial charge in [-0.1, -0.05) is 49.4 Å². The normalized spacial score (nSPS) is 16.2. The van der Waals surface area contributed by atoms with Crippen molar-refractivity contribution in [2.24, 2.45) is 4.99 Å². The summed E-state index contributed by atoms with van der Waals surface area (Å²) in [4.78, 5) is 31.6. The molecule has 1 aliphatic heterocycles. The summed E-state index contributed by atoms with van der Waals surface area (Å²) >= 11 is 6.78. The molecule has 0 unspecified atom stereocenters. The molecular weight excluding hydrogens is 619 g/mol. The van der Waals surface area contributed by atoms with Gasteiger partial charge >= 0.3 is 5.97 Å². The van der Waals surface area contributed by atoms with Crippen LogP contribution in [-0.2, 0) is 9.53 Å². The van der Waals surface area contributed by atoms with Crippen LogP contribution in [0.2, 0.25) is 0 Å². The molecule has 3 aromatic rings. The van der Waals surface area contributed by atoms with E-state index in [2.05, 4.69) is 57.4 Å². The number of hydrogen-bond donors (Lipinski definition) is 0. The van der Waals surface area contributed by atoms with Gasteiger partial charge in [-0.15, -0.1) is 0 Å². The number of nitrogens with zero attached hydrogens (tertiary/aromatic N) is 2. The van der Waals surface area contributed by atoms with Gasteiger partial charge < -0.3 is 9.15 Å². The van der Waals surface area contributed by atoms with E-state index in [1.807, 2.05) is 30.3 Å². The number of hydrogen-bond acceptors (Lipinski definition) is 6. The maximum Gasteiger partial charge on any atom is 0.338 e. The van der Waals surface area contributed by atoms with Gasteiger partial charge in [0.15, 0.2) is 8.57 Å². The number of aromatic nitrogens is 1. The largest absolute Gasteiger partial charge is 0.463 e. The van der Waals surface area contributed by atoms with Gasteiger partial charge in [0.05, 0.1) is 32.9 Å². The average Bonchev–Trinajstić information content (AvgIpc) is 3.25. The van der Waals surface area contributed by atoms with Crippen molar-refractivity contribution in [1.29, 1.82) is 0 Å². The number of halogens is 2. The van der Waals surface area contributed by atoms with E-state index in [-0.39, 0.29) is 12.2 Å². The average molecular weight is 641 g/mol. The summed E-state index contributed by atoms with van der Waals surface area (Å²) in [6.45, 7) is 8.04. The van der Waals surface area contributed by atoms with E-state index in [1.165, 1.54) is 16.9 Å². The van der Waals surface area contributed by atoms with Crippen LogP contribution in [0.1, 0.15) is 56.5 Å². The Morgan fingerprint density at radius 3 is 2.64 bits per heavy atom. The molecule has 6 nitrogen and oxygen atoms in total. The predicted octanol–water partition coefficient (Wildman–Crippen LogP) is 4.88. The molecule has 0 saturated heterocycles. The van der Waals surface area contributed by atoms with Crippen molar-refractivity contribution in [2.45, 2.75) is 39.7 Å². The van der Waals surface area contributed by atoms with Gasteiger partial charge in [0.2, 0.25) is 0 Å². The van der Waals surface area contributed by atoms with Crippen LogP contribution >= 0.6 is 49.9 Å². The fourth-order valence-corrected chi connectivity index (χ4v) is 5.48. The molecule has 0 spiro atoms. The van der Waals surface area contributed by atoms with Crippen LogP contribution in [0.15, 0.2) is 60.3 Å². The van der Waals surface area contributed by atoms with Crippen LogP contribution in [0.3, 0.4) is 0 Å². The number of thiazole rings is 1. The van der Waals surface area contributed by atoms with Gasteiger partial charge in [-0.25, -0.2) is 9.79 Å². The summed E-state index contributed by atoms with van der Waals surface area (Å²) in [7, 11) is 0. The SMILES string of the molecule is CCOC(=O)C1=C(C)N=c2s/c(=C/c3cc(Br)c(I)o3)c(=O)n2[C@H]1c1ccc(C(C)C)cc1. The quantitative estimate of drug-likeness (QED) is 0.294. The summed E-state index contributed by atoms with van der Waals surface area (Å²) in [6, 6.07) is 9.22. The van der Waals surface area contributed by atoms with E-state index in [9.17, 15) is 9.59 Å². The first kappa shape index (κ1) is 24.2. The fraction of sp³-hybridized carbons (Fsp3) is 0.292. The Kier molecular flexibility index (Phi) is 7.11. The second-order valence-electron chi connectivity index (χ2n) is 7.89. The van der Waals surface area contributed by atoms with Gasteiger partial charge in [-0.05, 0) is 52.9 Å². The highest BCUT2D eigenvalue weighted by Crippen LogP contribution is 2.31. The van der Waals surface area contributed by atoms with E-state index in [0.29, 0.717) is 36.0 Å². The van der Waals surface area contributed by atoms with Crippen LogP contribution in [0.5, 0.6) is 0 Å². The van der Waals surface area contributed by atoms with Gasteiger partial charge in [-0.2, -0.15) is 0 Å². The van der Waals surface area contributed by atoms with Crippen molar-refractivity contribution in [1.82, 2.24) is 4.57 Å². The molecule has 33 heavy (non-hydrogen) atoms. The van der Waals surface area contributed by atoms with Crippen molar-refractivity contribution >= 4 is 61.9 Å². The summed E-state index contributed by atoms with van der Waals surface area (Å²) in [5.41, 5.74) is 2.72. The Bertz CT molecular complexity index is 1410. The molecule has 2 aromatic heterocycles. The Balaban J connectivity index is 1.93. The second kappa shape index (κ2) is 9.71. The predicted molar refractivity (Wildman–Crippen MR) is 140 cm³/mol. The lowest BCUT2D eigenvalue weighted by molar-refractivity contribution is -0.139. The highest BCUT2D eigenvalue weighted by molar-refractivity contribution is 14.1. The number of carbonyl (C=O) groups excluding carboxylic acids is 1. The molecule has 0 N–H and O–H groups in total. The number of furan rings is 1. The molecule has 0 fully saturated rings. The fourth-order valence-electron chi connectivity index (χ4n) is 3.73. The van der Waals surface area contributed by atoms with Crippen LogP contribution < -0.4 is 14.9 Å². The summed E-state index contributed by atoms with van der Waals surface area (Å²) < 4.78 is 14.6. The van der Waals surface area contributed by atoms with E-state index in [4.69, 9.17) is 9.15 Å². The van der Waals surface area contributed by atoms with Crippen LogP contribution in [0, 0.1) is 3.77 Å². The van der Waals surface area contributed by atoms with E-state index >= 15 is 0 Å². The number of ether oxygens (including phenoxy) is 1. The number of carbonyl (C=O) groups is 1. The number of esters is 1. The molecule has 0 radical (unpaired) electrons. The lowest BCUT2D eigenvalue weighted by Crippen LogP contribution is -2.39. The van der Waals surface area contributed by atoms with Crippen LogP contribution in [0.4, 0.5) is 0 Å². The molecule has 1 atom stereocenters. The maximum atomic E-state index is 13.6. The Morgan fingerprint density at radius 2 is 2.06 bits per heavy atom. The van der Waals surface area contributed by atoms with E-state index in [1.54, 1.807) is 24.5 Å². The zero-order chi connectivity index (χ0) is 23.9. The van der Waals surface area contributed by atoms with Crippen LogP contribution in [-0.4, -0.2) is 17.1 Å². The number of rotatable bonds is 5. The van der Waals surface area contributed by atoms with E-state index in [0.717, 1.165) is 10.0 Å². The minimum absolute atomic E-state index is 0.228. The maximum absolute atomic E-state index is 13.6. The Labute approximate surface area is 217 Å². The molecule has 172 valence electrons. The lowest BCUT2D eigenvalue weighted by Gasteiger charge is -2.25. The van der Waals surface area contributed by atoms with Gasteiger partial charge in [0.25, 0.3) is 5.56 Å². The number of benzene rings is 1. The molecule has 1 aliphatic rings. The molecular formula is C24H22BrIN2O4S. The summed E-state index contributed by atoms with van der Waals surface area (Å²) in [6.07, 6.45) is 1.71. The molecule has 4 rings (SSSR count). The third-order valence-electron chi connectivity index (χ3n) is 5.37. The lowest BCUT2D eigenvalue weighted by atomic mass is 9.93.